The normalized spacial score (nSPS) is 17.3. The Morgan fingerprint density at radius 1 is 1.16 bits per heavy atom. The Morgan fingerprint density at radius 2 is 2.00 bits per heavy atom. The number of nitrogens with zero attached hydrogens (tertiary/aromatic N) is 4. The van der Waals surface area contributed by atoms with E-state index in [-0.39, 0.29) is 0 Å². The number of anilines is 1. The van der Waals surface area contributed by atoms with Crippen LogP contribution in [0, 0.1) is 0 Å². The molecule has 1 aliphatic rings. The van der Waals surface area contributed by atoms with Gasteiger partial charge in [0.15, 0.2) is 11.5 Å². The summed E-state index contributed by atoms with van der Waals surface area (Å²) in [6.45, 7) is 1.69. The van der Waals surface area contributed by atoms with Gasteiger partial charge >= 0.3 is 0 Å². The van der Waals surface area contributed by atoms with Crippen LogP contribution in [-0.2, 0) is 4.74 Å². The number of ether oxygens (including phenoxy) is 1. The topological polar surface area (TPSA) is 64.3 Å². The molecule has 0 saturated carbocycles. The van der Waals surface area contributed by atoms with E-state index < -0.39 is 0 Å². The van der Waals surface area contributed by atoms with Gasteiger partial charge < -0.3 is 10.1 Å². The number of nitrogens with one attached hydrogen (secondary N) is 1. The van der Waals surface area contributed by atoms with E-state index in [4.69, 9.17) is 27.9 Å². The van der Waals surface area contributed by atoms with E-state index in [1.807, 2.05) is 12.1 Å². The van der Waals surface area contributed by atoms with Gasteiger partial charge in [-0.1, -0.05) is 23.2 Å². The fraction of sp³-hybridized carbons (Fsp3) is 0.353. The summed E-state index contributed by atoms with van der Waals surface area (Å²) >= 11 is 12.2. The van der Waals surface area contributed by atoms with E-state index in [1.54, 1.807) is 22.7 Å². The van der Waals surface area contributed by atoms with Crippen LogP contribution >= 0.6 is 23.2 Å². The minimum Gasteiger partial charge on any atom is -0.378 e. The Hall–Kier alpha value is -1.89. The molecule has 0 amide bonds. The van der Waals surface area contributed by atoms with E-state index >= 15 is 0 Å². The Labute approximate surface area is 155 Å². The first-order valence-corrected chi connectivity index (χ1v) is 8.99. The molecule has 8 heteroatoms. The van der Waals surface area contributed by atoms with Crippen molar-refractivity contribution >= 4 is 34.7 Å². The van der Waals surface area contributed by atoms with Crippen molar-refractivity contribution in [3.05, 3.63) is 40.4 Å². The number of hydrogen-bond acceptors (Lipinski definition) is 5. The predicted molar refractivity (Wildman–Crippen MR) is 98.3 cm³/mol. The zero-order chi connectivity index (χ0) is 17.2. The first kappa shape index (κ1) is 16.6. The lowest BCUT2D eigenvalue weighted by molar-refractivity contribution is 0.107. The van der Waals surface area contributed by atoms with Crippen LogP contribution in [0.3, 0.4) is 0 Å². The van der Waals surface area contributed by atoms with Gasteiger partial charge in [-0.3, -0.25) is 0 Å². The van der Waals surface area contributed by atoms with E-state index in [9.17, 15) is 0 Å². The van der Waals surface area contributed by atoms with Crippen molar-refractivity contribution in [2.45, 2.75) is 25.4 Å². The van der Waals surface area contributed by atoms with Gasteiger partial charge in [0.25, 0.3) is 0 Å². The summed E-state index contributed by atoms with van der Waals surface area (Å²) < 4.78 is 7.33. The first-order chi connectivity index (χ1) is 12.2. The predicted octanol–water partition coefficient (Wildman–Crippen LogP) is 4.08. The number of halogens is 2. The number of aromatic nitrogens is 4. The highest BCUT2D eigenvalue weighted by molar-refractivity contribution is 6.35. The van der Waals surface area contributed by atoms with Crippen molar-refractivity contribution in [1.82, 2.24) is 19.8 Å². The summed E-state index contributed by atoms with van der Waals surface area (Å²) in [6, 6.07) is 9.05. The van der Waals surface area contributed by atoms with Gasteiger partial charge in [0.05, 0.1) is 6.10 Å². The molecule has 1 fully saturated rings. The summed E-state index contributed by atoms with van der Waals surface area (Å²) in [4.78, 5) is 0. The molecule has 1 aromatic carbocycles. The summed E-state index contributed by atoms with van der Waals surface area (Å²) in [7, 11) is 0. The molecule has 1 saturated heterocycles. The molecular weight excluding hydrogens is 361 g/mol. The third-order valence-corrected chi connectivity index (χ3v) is 4.62. The second-order valence-electron chi connectivity index (χ2n) is 6.02. The molecule has 0 unspecified atom stereocenters. The SMILES string of the molecule is Clc1cc(Cl)cc(-c2nnc3ccc(NCC[C@H]4CCCO4)nn23)c1. The Kier molecular flexibility index (Phi) is 4.74. The third-order valence-electron chi connectivity index (χ3n) is 4.18. The average molecular weight is 378 g/mol. The van der Waals surface area contributed by atoms with Crippen molar-refractivity contribution in [3.8, 4) is 11.4 Å². The molecule has 1 aliphatic heterocycles. The van der Waals surface area contributed by atoms with Gasteiger partial charge in [-0.15, -0.1) is 15.3 Å². The molecule has 0 spiro atoms. The molecule has 2 aromatic heterocycles. The zero-order valence-electron chi connectivity index (χ0n) is 13.5. The van der Waals surface area contributed by atoms with E-state index in [1.165, 1.54) is 0 Å². The molecule has 130 valence electrons. The first-order valence-electron chi connectivity index (χ1n) is 8.23. The molecule has 1 N–H and O–H groups in total. The van der Waals surface area contributed by atoms with Crippen LogP contribution in [0.25, 0.3) is 17.0 Å². The van der Waals surface area contributed by atoms with Crippen molar-refractivity contribution in [2.75, 3.05) is 18.5 Å². The molecule has 6 nitrogen and oxygen atoms in total. The Morgan fingerprint density at radius 3 is 2.76 bits per heavy atom. The molecular formula is C17H17Cl2N5O. The lowest BCUT2D eigenvalue weighted by Crippen LogP contribution is -2.13. The second kappa shape index (κ2) is 7.15. The van der Waals surface area contributed by atoms with Gasteiger partial charge in [-0.2, -0.15) is 4.52 Å². The van der Waals surface area contributed by atoms with Gasteiger partial charge in [0, 0.05) is 28.8 Å². The molecule has 0 radical (unpaired) electrons. The van der Waals surface area contributed by atoms with E-state index in [0.717, 1.165) is 43.8 Å². The van der Waals surface area contributed by atoms with Gasteiger partial charge in [-0.05, 0) is 49.6 Å². The highest BCUT2D eigenvalue weighted by atomic mass is 35.5. The third kappa shape index (κ3) is 3.71. The Bertz CT molecular complexity index is 872. The summed E-state index contributed by atoms with van der Waals surface area (Å²) in [6.07, 6.45) is 3.62. The van der Waals surface area contributed by atoms with Crippen LogP contribution in [0.5, 0.6) is 0 Å². The van der Waals surface area contributed by atoms with Crippen molar-refractivity contribution < 1.29 is 4.74 Å². The molecule has 1 atom stereocenters. The smallest absolute Gasteiger partial charge is 0.185 e. The maximum absolute atomic E-state index is 6.09. The summed E-state index contributed by atoms with van der Waals surface area (Å²) in [5.41, 5.74) is 1.43. The molecule has 3 aromatic rings. The van der Waals surface area contributed by atoms with Crippen molar-refractivity contribution in [3.63, 3.8) is 0 Å². The Balaban J connectivity index is 1.56. The maximum Gasteiger partial charge on any atom is 0.185 e. The van der Waals surface area contributed by atoms with Gasteiger partial charge in [0.2, 0.25) is 0 Å². The van der Waals surface area contributed by atoms with Crippen LogP contribution in [0.2, 0.25) is 10.0 Å². The van der Waals surface area contributed by atoms with E-state index in [2.05, 4.69) is 20.6 Å². The monoisotopic (exact) mass is 377 g/mol. The van der Waals surface area contributed by atoms with Crippen LogP contribution in [0.15, 0.2) is 30.3 Å². The van der Waals surface area contributed by atoms with Crippen molar-refractivity contribution in [1.29, 1.82) is 0 Å². The lowest BCUT2D eigenvalue weighted by atomic mass is 10.2. The summed E-state index contributed by atoms with van der Waals surface area (Å²) in [5, 5.41) is 17.4. The maximum atomic E-state index is 6.09. The molecule has 0 bridgehead atoms. The molecule has 4 rings (SSSR count). The fourth-order valence-electron chi connectivity index (χ4n) is 2.98. The average Bonchev–Trinajstić information content (AvgIpc) is 3.23. The number of fused-ring (bicyclic) bond motifs is 1. The number of rotatable bonds is 5. The molecule has 0 aliphatic carbocycles. The highest BCUT2D eigenvalue weighted by Gasteiger charge is 2.15. The van der Waals surface area contributed by atoms with Gasteiger partial charge in [-0.25, -0.2) is 0 Å². The van der Waals surface area contributed by atoms with Crippen LogP contribution < -0.4 is 5.32 Å². The second-order valence-corrected chi connectivity index (χ2v) is 6.89. The largest absolute Gasteiger partial charge is 0.378 e. The van der Waals surface area contributed by atoms with Crippen LogP contribution in [-0.4, -0.2) is 39.1 Å². The standard InChI is InChI=1S/C17H17Cl2N5O/c18-12-8-11(9-13(19)10-12)17-22-21-16-4-3-15(23-24(16)17)20-6-5-14-2-1-7-25-14/h3-4,8-10,14H,1-2,5-7H2,(H,20,23)/t14-/m1/s1. The number of benzene rings is 1. The van der Waals surface area contributed by atoms with Crippen molar-refractivity contribution in [2.24, 2.45) is 0 Å². The number of hydrogen-bond donors (Lipinski definition) is 1. The highest BCUT2D eigenvalue weighted by Crippen LogP contribution is 2.26. The van der Waals surface area contributed by atoms with Crippen LogP contribution in [0.4, 0.5) is 5.82 Å². The molecule has 25 heavy (non-hydrogen) atoms. The fourth-order valence-corrected chi connectivity index (χ4v) is 3.51. The quantitative estimate of drug-likeness (QED) is 0.725. The minimum atomic E-state index is 0.357. The molecule has 3 heterocycles. The van der Waals surface area contributed by atoms with Gasteiger partial charge in [0.1, 0.15) is 5.82 Å². The zero-order valence-corrected chi connectivity index (χ0v) is 15.0. The lowest BCUT2D eigenvalue weighted by Gasteiger charge is -2.10. The van der Waals surface area contributed by atoms with E-state index in [0.29, 0.717) is 27.6 Å². The minimum absolute atomic E-state index is 0.357. The van der Waals surface area contributed by atoms with Crippen LogP contribution in [0.1, 0.15) is 19.3 Å². The summed E-state index contributed by atoms with van der Waals surface area (Å²) in [5.74, 6) is 1.36.